The summed E-state index contributed by atoms with van der Waals surface area (Å²) in [5, 5.41) is 9.01. The number of aliphatic hydroxyl groups excluding tert-OH is 1. The number of aliphatic hydroxyl groups is 1. The van der Waals surface area contributed by atoms with Crippen LogP contribution in [0.2, 0.25) is 0 Å². The highest BCUT2D eigenvalue weighted by Crippen LogP contribution is 2.24. The second kappa shape index (κ2) is 7.26. The van der Waals surface area contributed by atoms with Gasteiger partial charge in [0.25, 0.3) is 0 Å². The minimum atomic E-state index is -4.23. The fourth-order valence-corrected chi connectivity index (χ4v) is 3.82. The minimum absolute atomic E-state index is 0.0112. The summed E-state index contributed by atoms with van der Waals surface area (Å²) < 4.78 is 58.3. The Morgan fingerprint density at radius 2 is 2.00 bits per heavy atom. The lowest BCUT2D eigenvalue weighted by atomic mass is 10.2. The van der Waals surface area contributed by atoms with E-state index >= 15 is 0 Å². The molecule has 0 radical (unpaired) electrons. The van der Waals surface area contributed by atoms with Crippen molar-refractivity contribution in [2.75, 3.05) is 20.3 Å². The Morgan fingerprint density at radius 1 is 1.38 bits per heavy atom. The molecule has 8 heteroatoms. The fourth-order valence-electron chi connectivity index (χ4n) is 2.07. The van der Waals surface area contributed by atoms with Crippen LogP contribution < -0.4 is 0 Å². The Bertz CT molecular complexity index is 592. The van der Waals surface area contributed by atoms with Crippen molar-refractivity contribution in [2.24, 2.45) is 0 Å². The van der Waals surface area contributed by atoms with Crippen LogP contribution in [0.1, 0.15) is 19.4 Å². The van der Waals surface area contributed by atoms with Crippen molar-refractivity contribution in [3.05, 3.63) is 29.3 Å². The van der Waals surface area contributed by atoms with Gasteiger partial charge in [0.2, 0.25) is 10.0 Å². The van der Waals surface area contributed by atoms with E-state index < -0.39 is 39.2 Å². The highest BCUT2D eigenvalue weighted by atomic mass is 32.2. The van der Waals surface area contributed by atoms with Crippen molar-refractivity contribution in [1.82, 2.24) is 4.31 Å². The minimum Gasteiger partial charge on any atom is -0.392 e. The predicted octanol–water partition coefficient (Wildman–Crippen LogP) is 1.50. The molecule has 0 aliphatic carbocycles. The van der Waals surface area contributed by atoms with E-state index in [1.807, 2.05) is 0 Å². The summed E-state index contributed by atoms with van der Waals surface area (Å²) in [6, 6.07) is 1.17. The molecule has 0 saturated heterocycles. The van der Waals surface area contributed by atoms with Gasteiger partial charge in [-0.2, -0.15) is 4.31 Å². The van der Waals surface area contributed by atoms with Gasteiger partial charge in [0.05, 0.1) is 13.2 Å². The summed E-state index contributed by atoms with van der Waals surface area (Å²) in [6.07, 6.45) is 0. The van der Waals surface area contributed by atoms with E-state index in [4.69, 9.17) is 9.84 Å². The highest BCUT2D eigenvalue weighted by molar-refractivity contribution is 7.89. The van der Waals surface area contributed by atoms with Crippen LogP contribution in [0.4, 0.5) is 8.78 Å². The van der Waals surface area contributed by atoms with Crippen LogP contribution in [-0.4, -0.2) is 44.1 Å². The summed E-state index contributed by atoms with van der Waals surface area (Å²) in [7, 11) is -2.81. The number of nitrogens with zero attached hydrogens (tertiary/aromatic N) is 1. The molecule has 1 aromatic rings. The van der Waals surface area contributed by atoms with Gasteiger partial charge in [-0.05, 0) is 24.6 Å². The summed E-state index contributed by atoms with van der Waals surface area (Å²) in [6.45, 7) is 2.82. The zero-order valence-electron chi connectivity index (χ0n) is 12.1. The van der Waals surface area contributed by atoms with E-state index in [9.17, 15) is 17.2 Å². The molecular formula is C13H19F2NO4S. The van der Waals surface area contributed by atoms with Gasteiger partial charge >= 0.3 is 0 Å². The number of rotatable bonds is 7. The largest absolute Gasteiger partial charge is 0.392 e. The average molecular weight is 323 g/mol. The lowest BCUT2D eigenvalue weighted by Gasteiger charge is -2.27. The van der Waals surface area contributed by atoms with Crippen LogP contribution in [-0.2, 0) is 21.4 Å². The molecule has 1 N–H and O–H groups in total. The van der Waals surface area contributed by atoms with Gasteiger partial charge in [-0.15, -0.1) is 0 Å². The molecule has 0 aliphatic rings. The second-order valence-electron chi connectivity index (χ2n) is 4.56. The molecule has 1 unspecified atom stereocenters. The van der Waals surface area contributed by atoms with Gasteiger partial charge < -0.3 is 9.84 Å². The van der Waals surface area contributed by atoms with Crippen molar-refractivity contribution in [3.8, 4) is 0 Å². The number of benzene rings is 1. The first-order valence-corrected chi connectivity index (χ1v) is 7.83. The molecule has 5 nitrogen and oxygen atoms in total. The fraction of sp³-hybridized carbons (Fsp3) is 0.538. The average Bonchev–Trinajstić information content (AvgIpc) is 2.42. The molecule has 1 aromatic carbocycles. The van der Waals surface area contributed by atoms with Crippen molar-refractivity contribution in [1.29, 1.82) is 0 Å². The van der Waals surface area contributed by atoms with Crippen molar-refractivity contribution in [2.45, 2.75) is 31.4 Å². The molecule has 120 valence electrons. The lowest BCUT2D eigenvalue weighted by molar-refractivity contribution is 0.142. The van der Waals surface area contributed by atoms with E-state index in [-0.39, 0.29) is 18.7 Å². The molecule has 1 rings (SSSR count). The number of methoxy groups -OCH3 is 1. The lowest BCUT2D eigenvalue weighted by Crippen LogP contribution is -2.41. The van der Waals surface area contributed by atoms with Crippen molar-refractivity contribution < 1.29 is 27.0 Å². The predicted molar refractivity (Wildman–Crippen MR) is 73.2 cm³/mol. The van der Waals surface area contributed by atoms with E-state index in [0.29, 0.717) is 0 Å². The third-order valence-corrected chi connectivity index (χ3v) is 5.12. The quantitative estimate of drug-likeness (QED) is 0.826. The molecule has 21 heavy (non-hydrogen) atoms. The van der Waals surface area contributed by atoms with Gasteiger partial charge in [0.1, 0.15) is 4.90 Å². The first-order chi connectivity index (χ1) is 9.79. The maximum absolute atomic E-state index is 13.9. The highest BCUT2D eigenvalue weighted by Gasteiger charge is 2.31. The Kier molecular flexibility index (Phi) is 6.21. The number of halogens is 2. The van der Waals surface area contributed by atoms with Gasteiger partial charge in [-0.3, -0.25) is 0 Å². The van der Waals surface area contributed by atoms with Crippen LogP contribution in [0, 0.1) is 11.6 Å². The first kappa shape index (κ1) is 18.0. The van der Waals surface area contributed by atoms with Crippen LogP contribution >= 0.6 is 0 Å². The molecule has 0 amide bonds. The Hall–Kier alpha value is -1.09. The smallest absolute Gasteiger partial charge is 0.246 e. The SMILES string of the molecule is CCN(C(C)COC)S(=O)(=O)c1cc(CO)cc(F)c1F. The van der Waals surface area contributed by atoms with E-state index in [2.05, 4.69) is 0 Å². The summed E-state index contributed by atoms with van der Waals surface area (Å²) in [5.41, 5.74) is -0.0112. The van der Waals surface area contributed by atoms with Gasteiger partial charge in [0.15, 0.2) is 11.6 Å². The zero-order valence-corrected chi connectivity index (χ0v) is 13.0. The van der Waals surface area contributed by atoms with Crippen LogP contribution in [0.5, 0.6) is 0 Å². The monoisotopic (exact) mass is 323 g/mol. The molecule has 0 aliphatic heterocycles. The molecule has 1 atom stereocenters. The molecule has 0 spiro atoms. The van der Waals surface area contributed by atoms with E-state index in [1.165, 1.54) is 7.11 Å². The number of sulfonamides is 1. The maximum atomic E-state index is 13.9. The molecule has 0 bridgehead atoms. The molecule has 0 aromatic heterocycles. The molecule has 0 heterocycles. The summed E-state index contributed by atoms with van der Waals surface area (Å²) in [4.78, 5) is -0.781. The number of ether oxygens (including phenoxy) is 1. The Balaban J connectivity index is 3.38. The van der Waals surface area contributed by atoms with Crippen LogP contribution in [0.3, 0.4) is 0 Å². The summed E-state index contributed by atoms with van der Waals surface area (Å²) >= 11 is 0. The molecular weight excluding hydrogens is 304 g/mol. The third-order valence-electron chi connectivity index (χ3n) is 3.03. The Labute approximate surface area is 123 Å². The third kappa shape index (κ3) is 3.76. The number of hydrogen-bond donors (Lipinski definition) is 1. The number of hydrogen-bond acceptors (Lipinski definition) is 4. The van der Waals surface area contributed by atoms with E-state index in [1.54, 1.807) is 13.8 Å². The second-order valence-corrected chi connectivity index (χ2v) is 6.42. The standard InChI is InChI=1S/C13H19F2NO4S/c1-4-16(9(2)8-20-3)21(18,19)12-6-10(7-17)5-11(14)13(12)15/h5-6,9,17H,4,7-8H2,1-3H3. The van der Waals surface area contributed by atoms with Crippen LogP contribution in [0.25, 0.3) is 0 Å². The van der Waals surface area contributed by atoms with Gasteiger partial charge in [0, 0.05) is 19.7 Å². The molecule has 0 fully saturated rings. The number of likely N-dealkylation sites (N-methyl/N-ethyl adjacent to an activating group) is 1. The van der Waals surface area contributed by atoms with Crippen molar-refractivity contribution >= 4 is 10.0 Å². The maximum Gasteiger partial charge on any atom is 0.246 e. The molecule has 0 saturated carbocycles. The first-order valence-electron chi connectivity index (χ1n) is 6.39. The summed E-state index contributed by atoms with van der Waals surface area (Å²) in [5.74, 6) is -2.76. The van der Waals surface area contributed by atoms with Crippen molar-refractivity contribution in [3.63, 3.8) is 0 Å². The van der Waals surface area contributed by atoms with Gasteiger partial charge in [-0.1, -0.05) is 6.92 Å². The van der Waals surface area contributed by atoms with Gasteiger partial charge in [-0.25, -0.2) is 17.2 Å². The van der Waals surface area contributed by atoms with E-state index in [0.717, 1.165) is 16.4 Å². The normalized spacial score (nSPS) is 13.7. The Morgan fingerprint density at radius 3 is 2.48 bits per heavy atom. The topological polar surface area (TPSA) is 66.8 Å². The zero-order chi connectivity index (χ0) is 16.2. The van der Waals surface area contributed by atoms with Crippen LogP contribution in [0.15, 0.2) is 17.0 Å².